The number of hydrogen-bond acceptors (Lipinski definition) is 6. The van der Waals surface area contributed by atoms with E-state index in [9.17, 15) is 18.0 Å². The second-order valence-corrected chi connectivity index (χ2v) is 9.86. The third-order valence-corrected chi connectivity index (χ3v) is 7.02. The number of benzene rings is 2. The smallest absolute Gasteiger partial charge is 0.490 e. The number of rotatable bonds is 3. The van der Waals surface area contributed by atoms with Gasteiger partial charge in [0.05, 0.1) is 19.2 Å². The summed E-state index contributed by atoms with van der Waals surface area (Å²) in [5, 5.41) is 16.3. The lowest BCUT2D eigenvalue weighted by Gasteiger charge is -2.48. The van der Waals surface area contributed by atoms with E-state index in [-0.39, 0.29) is 11.4 Å². The number of piperidine rings is 1. The predicted molar refractivity (Wildman–Crippen MR) is 136 cm³/mol. The molecule has 5 rings (SSSR count). The highest BCUT2D eigenvalue weighted by atomic mass is 19.4. The number of amides is 1. The highest BCUT2D eigenvalue weighted by Gasteiger charge is 2.44. The lowest BCUT2D eigenvalue weighted by atomic mass is 9.84. The van der Waals surface area contributed by atoms with Gasteiger partial charge in [-0.15, -0.1) is 10.2 Å². The Kier molecular flexibility index (Phi) is 7.96. The number of nitrogens with zero attached hydrogens (tertiary/aromatic N) is 5. The summed E-state index contributed by atoms with van der Waals surface area (Å²) in [6, 6.07) is 15.9. The van der Waals surface area contributed by atoms with Crippen molar-refractivity contribution in [2.24, 2.45) is 0 Å². The van der Waals surface area contributed by atoms with E-state index in [1.807, 2.05) is 60.4 Å². The Balaban J connectivity index is 0.000000448. The number of carbonyl (C=O) groups is 2. The number of aryl methyl sites for hydroxylation is 1. The first kappa shape index (κ1) is 28.1. The quantitative estimate of drug-likeness (QED) is 0.532. The first-order valence-corrected chi connectivity index (χ1v) is 12.4. The molecule has 3 aromatic rings. The van der Waals surface area contributed by atoms with E-state index in [2.05, 4.69) is 26.7 Å². The van der Waals surface area contributed by atoms with Gasteiger partial charge in [0.25, 0.3) is 5.91 Å². The van der Waals surface area contributed by atoms with E-state index in [1.165, 1.54) is 0 Å². The van der Waals surface area contributed by atoms with Crippen LogP contribution in [0.4, 0.5) is 13.2 Å². The Hall–Kier alpha value is -3.93. The van der Waals surface area contributed by atoms with Gasteiger partial charge in [-0.2, -0.15) is 13.2 Å². The minimum Gasteiger partial charge on any atom is -0.497 e. The Morgan fingerprint density at radius 2 is 1.69 bits per heavy atom. The lowest BCUT2D eigenvalue weighted by molar-refractivity contribution is -0.192. The number of carbonyl (C=O) groups excluding carboxylic acids is 1. The van der Waals surface area contributed by atoms with Gasteiger partial charge in [-0.05, 0) is 63.2 Å². The third kappa shape index (κ3) is 6.06. The molecule has 1 aromatic heterocycles. The number of aromatic nitrogens is 3. The molecule has 0 saturated carbocycles. The summed E-state index contributed by atoms with van der Waals surface area (Å²) in [5.41, 5.74) is 2.79. The van der Waals surface area contributed by atoms with Crippen molar-refractivity contribution < 1.29 is 32.6 Å². The highest BCUT2D eigenvalue weighted by Crippen LogP contribution is 2.39. The molecule has 1 spiro atoms. The molecule has 1 fully saturated rings. The van der Waals surface area contributed by atoms with Crippen LogP contribution in [0.5, 0.6) is 5.75 Å². The molecule has 3 heterocycles. The van der Waals surface area contributed by atoms with Crippen molar-refractivity contribution in [1.82, 2.24) is 24.6 Å². The van der Waals surface area contributed by atoms with Crippen LogP contribution in [0.1, 0.15) is 34.6 Å². The number of hydrogen-bond donors (Lipinski definition) is 1. The number of aliphatic carboxylic acids is 1. The summed E-state index contributed by atoms with van der Waals surface area (Å²) in [5.74, 6) is 0.0707. The van der Waals surface area contributed by atoms with Gasteiger partial charge in [0.15, 0.2) is 5.82 Å². The van der Waals surface area contributed by atoms with Crippen LogP contribution in [-0.2, 0) is 16.9 Å². The normalized spacial score (nSPS) is 16.7. The number of ether oxygens (including phenoxy) is 1. The number of likely N-dealkylation sites (N-methyl/N-ethyl adjacent to an activating group) is 1. The van der Waals surface area contributed by atoms with Crippen molar-refractivity contribution in [3.05, 3.63) is 65.5 Å². The molecule has 0 radical (unpaired) electrons. The van der Waals surface area contributed by atoms with Crippen LogP contribution >= 0.6 is 0 Å². The monoisotopic (exact) mass is 545 g/mol. The molecule has 1 saturated heterocycles. The topological polar surface area (TPSA) is 101 Å². The minimum atomic E-state index is -5.08. The van der Waals surface area contributed by atoms with Crippen LogP contribution < -0.4 is 4.74 Å². The summed E-state index contributed by atoms with van der Waals surface area (Å²) in [6.45, 7) is 5.17. The predicted octanol–water partition coefficient (Wildman–Crippen LogP) is 3.97. The SMILES string of the molecule is COc1ccc(-c2nnc3n2C2(CCN(C(=O)c4cccc(C)c4)CC2)CN(C)C3)cc1.O=C(O)C(F)(F)F. The van der Waals surface area contributed by atoms with Crippen LogP contribution in [0.2, 0.25) is 0 Å². The van der Waals surface area contributed by atoms with E-state index >= 15 is 0 Å². The second-order valence-electron chi connectivity index (χ2n) is 9.86. The van der Waals surface area contributed by atoms with Crippen LogP contribution in [0.15, 0.2) is 48.5 Å². The number of carboxylic acids is 1. The Bertz CT molecular complexity index is 1330. The first-order valence-electron chi connectivity index (χ1n) is 12.4. The van der Waals surface area contributed by atoms with Gasteiger partial charge in [-0.25, -0.2) is 4.79 Å². The Labute approximate surface area is 223 Å². The molecule has 208 valence electrons. The zero-order valence-electron chi connectivity index (χ0n) is 21.9. The molecule has 39 heavy (non-hydrogen) atoms. The van der Waals surface area contributed by atoms with Crippen LogP contribution in [-0.4, -0.2) is 81.5 Å². The van der Waals surface area contributed by atoms with E-state index < -0.39 is 12.1 Å². The summed E-state index contributed by atoms with van der Waals surface area (Å²) in [7, 11) is 3.81. The van der Waals surface area contributed by atoms with Gasteiger partial charge in [-0.1, -0.05) is 17.7 Å². The standard InChI is InChI=1S/C25H29N5O2.C2HF3O2/c1-18-5-4-6-20(15-18)24(31)29-13-11-25(12-14-29)17-28(2)16-22-26-27-23(30(22)25)19-7-9-21(32-3)10-8-19;3-2(4,5)1(6)7/h4-10,15H,11-14,16-17H2,1-3H3;(H,6,7). The van der Waals surface area contributed by atoms with Gasteiger partial charge < -0.3 is 19.3 Å². The zero-order valence-corrected chi connectivity index (χ0v) is 21.9. The molecular weight excluding hydrogens is 515 g/mol. The van der Waals surface area contributed by atoms with Crippen molar-refractivity contribution in [2.45, 2.75) is 38.0 Å². The van der Waals surface area contributed by atoms with Gasteiger partial charge in [0.2, 0.25) is 0 Å². The van der Waals surface area contributed by atoms with E-state index in [0.29, 0.717) is 0 Å². The number of alkyl halides is 3. The maximum atomic E-state index is 13.1. The van der Waals surface area contributed by atoms with Crippen LogP contribution in [0.3, 0.4) is 0 Å². The lowest BCUT2D eigenvalue weighted by Crippen LogP contribution is -2.56. The fraction of sp³-hybridized carbons (Fsp3) is 0.407. The van der Waals surface area contributed by atoms with E-state index in [0.717, 1.165) is 73.1 Å². The van der Waals surface area contributed by atoms with Gasteiger partial charge in [0, 0.05) is 30.8 Å². The molecule has 0 atom stereocenters. The Morgan fingerprint density at radius 3 is 2.26 bits per heavy atom. The maximum absolute atomic E-state index is 13.1. The first-order chi connectivity index (χ1) is 18.4. The molecule has 9 nitrogen and oxygen atoms in total. The number of likely N-dealkylation sites (tertiary alicyclic amines) is 1. The van der Waals surface area contributed by atoms with Crippen molar-refractivity contribution in [3.8, 4) is 17.1 Å². The van der Waals surface area contributed by atoms with E-state index in [1.54, 1.807) is 7.11 Å². The molecule has 2 aliphatic rings. The third-order valence-electron chi connectivity index (χ3n) is 7.02. The molecule has 0 aliphatic carbocycles. The molecule has 0 bridgehead atoms. The summed E-state index contributed by atoms with van der Waals surface area (Å²) in [4.78, 5) is 26.3. The highest BCUT2D eigenvalue weighted by molar-refractivity contribution is 5.94. The second kappa shape index (κ2) is 11.0. The summed E-state index contributed by atoms with van der Waals surface area (Å²) in [6.07, 6.45) is -3.33. The van der Waals surface area contributed by atoms with Crippen molar-refractivity contribution >= 4 is 11.9 Å². The number of halogens is 3. The molecule has 1 amide bonds. The molecule has 2 aliphatic heterocycles. The zero-order chi connectivity index (χ0) is 28.4. The largest absolute Gasteiger partial charge is 0.497 e. The average molecular weight is 546 g/mol. The molecule has 0 unspecified atom stereocenters. The van der Waals surface area contributed by atoms with Gasteiger partial charge >= 0.3 is 12.1 Å². The van der Waals surface area contributed by atoms with Gasteiger partial charge in [-0.3, -0.25) is 9.69 Å². The molecule has 12 heteroatoms. The van der Waals surface area contributed by atoms with Crippen molar-refractivity contribution in [1.29, 1.82) is 0 Å². The fourth-order valence-corrected chi connectivity index (χ4v) is 5.18. The maximum Gasteiger partial charge on any atom is 0.490 e. The van der Waals surface area contributed by atoms with Crippen molar-refractivity contribution in [3.63, 3.8) is 0 Å². The van der Waals surface area contributed by atoms with Crippen molar-refractivity contribution in [2.75, 3.05) is 33.8 Å². The summed E-state index contributed by atoms with van der Waals surface area (Å²) < 4.78 is 39.4. The molecule has 1 N–H and O–H groups in total. The van der Waals surface area contributed by atoms with E-state index in [4.69, 9.17) is 14.6 Å². The average Bonchev–Trinajstić information content (AvgIpc) is 3.33. The van der Waals surface area contributed by atoms with Crippen LogP contribution in [0.25, 0.3) is 11.4 Å². The summed E-state index contributed by atoms with van der Waals surface area (Å²) >= 11 is 0. The molecular formula is C27H30F3N5O4. The Morgan fingerprint density at radius 1 is 1.05 bits per heavy atom. The minimum absolute atomic E-state index is 0.118. The fourth-order valence-electron chi connectivity index (χ4n) is 5.18. The number of fused-ring (bicyclic) bond motifs is 2. The molecule has 2 aromatic carbocycles. The number of methoxy groups -OCH3 is 1. The van der Waals surface area contributed by atoms with Crippen LogP contribution in [0, 0.1) is 6.92 Å². The van der Waals surface area contributed by atoms with Gasteiger partial charge in [0.1, 0.15) is 11.6 Å². The number of carboxylic acid groups (broad SMARTS) is 1.